The van der Waals surface area contributed by atoms with Gasteiger partial charge in [0.2, 0.25) is 0 Å². The minimum atomic E-state index is -0.857. The Kier molecular flexibility index (Phi) is 3.93. The number of esters is 1. The second-order valence-electron chi connectivity index (χ2n) is 4.71. The number of hydrogen-bond donors (Lipinski definition) is 0. The maximum Gasteiger partial charge on any atom is 0.317 e. The molecule has 0 aliphatic rings. The molecule has 0 fully saturated rings. The summed E-state index contributed by atoms with van der Waals surface area (Å²) in [6.45, 7) is 6.78. The number of rotatable bonds is 3. The van der Waals surface area contributed by atoms with Crippen LogP contribution in [0.15, 0.2) is 18.6 Å². The van der Waals surface area contributed by atoms with Crippen LogP contribution >= 0.6 is 0 Å². The number of nitrogens with zero attached hydrogens (tertiary/aromatic N) is 2. The standard InChI is InChI=1S/C12H16N2O3/c1-8(11(16)17-12(2,3)4)10(15)9-5-6-13-7-14-9/h5-8H,1-4H3. The highest BCUT2D eigenvalue weighted by molar-refractivity contribution is 6.07. The molecule has 0 saturated heterocycles. The number of Topliss-reactive ketones (excluding diaryl/α,β-unsaturated/α-hetero) is 1. The van der Waals surface area contributed by atoms with Crippen molar-refractivity contribution in [2.24, 2.45) is 5.92 Å². The van der Waals surface area contributed by atoms with E-state index in [1.807, 2.05) is 0 Å². The second kappa shape index (κ2) is 5.03. The number of ether oxygens (including phenoxy) is 1. The molecule has 0 aliphatic carbocycles. The van der Waals surface area contributed by atoms with Gasteiger partial charge in [0.25, 0.3) is 0 Å². The summed E-state index contributed by atoms with van der Waals surface area (Å²) in [4.78, 5) is 31.1. The Morgan fingerprint density at radius 3 is 2.47 bits per heavy atom. The van der Waals surface area contributed by atoms with Crippen LogP contribution in [0.25, 0.3) is 0 Å². The third kappa shape index (κ3) is 3.94. The molecule has 0 saturated carbocycles. The van der Waals surface area contributed by atoms with E-state index in [9.17, 15) is 9.59 Å². The molecule has 0 amide bonds. The van der Waals surface area contributed by atoms with Gasteiger partial charge in [0.15, 0.2) is 5.78 Å². The van der Waals surface area contributed by atoms with Gasteiger partial charge in [-0.2, -0.15) is 0 Å². The fraction of sp³-hybridized carbons (Fsp3) is 0.500. The molecule has 1 aromatic rings. The summed E-state index contributed by atoms with van der Waals surface area (Å²) in [6.07, 6.45) is 2.73. The maximum absolute atomic E-state index is 11.9. The molecule has 1 aromatic heterocycles. The summed E-state index contributed by atoms with van der Waals surface area (Å²) >= 11 is 0. The Balaban J connectivity index is 2.74. The number of carbonyl (C=O) groups is 2. The predicted molar refractivity (Wildman–Crippen MR) is 61.4 cm³/mol. The third-order valence-electron chi connectivity index (χ3n) is 1.99. The average Bonchev–Trinajstić information content (AvgIpc) is 2.26. The van der Waals surface area contributed by atoms with Crippen molar-refractivity contribution < 1.29 is 14.3 Å². The molecule has 92 valence electrons. The summed E-state index contributed by atoms with van der Waals surface area (Å²) in [5.41, 5.74) is -0.379. The predicted octanol–water partition coefficient (Wildman–Crippen LogP) is 1.64. The van der Waals surface area contributed by atoms with Crippen molar-refractivity contribution in [3.8, 4) is 0 Å². The fourth-order valence-corrected chi connectivity index (χ4v) is 1.16. The summed E-state index contributed by atoms with van der Waals surface area (Å²) in [5, 5.41) is 0. The first kappa shape index (κ1) is 13.3. The lowest BCUT2D eigenvalue weighted by Crippen LogP contribution is -2.31. The molecule has 17 heavy (non-hydrogen) atoms. The summed E-state index contributed by atoms with van der Waals surface area (Å²) in [6, 6.07) is 1.48. The van der Waals surface area contributed by atoms with Crippen molar-refractivity contribution in [1.82, 2.24) is 9.97 Å². The Bertz CT molecular complexity index is 410. The average molecular weight is 236 g/mol. The van der Waals surface area contributed by atoms with Crippen LogP contribution < -0.4 is 0 Å². The van der Waals surface area contributed by atoms with Crippen molar-refractivity contribution in [3.63, 3.8) is 0 Å². The molecule has 1 rings (SSSR count). The van der Waals surface area contributed by atoms with Gasteiger partial charge >= 0.3 is 5.97 Å². The van der Waals surface area contributed by atoms with Crippen LogP contribution in [-0.4, -0.2) is 27.3 Å². The van der Waals surface area contributed by atoms with Crippen LogP contribution in [0, 0.1) is 5.92 Å². The van der Waals surface area contributed by atoms with Gasteiger partial charge in [-0.1, -0.05) is 0 Å². The van der Waals surface area contributed by atoms with Gasteiger partial charge < -0.3 is 4.74 Å². The molecule has 1 heterocycles. The Morgan fingerprint density at radius 1 is 1.35 bits per heavy atom. The Hall–Kier alpha value is -1.78. The summed E-state index contributed by atoms with van der Waals surface area (Å²) in [5.74, 6) is -1.76. The molecule has 1 atom stereocenters. The first-order chi connectivity index (χ1) is 7.81. The normalized spacial score (nSPS) is 12.9. The fourth-order valence-electron chi connectivity index (χ4n) is 1.16. The van der Waals surface area contributed by atoms with Crippen molar-refractivity contribution >= 4 is 11.8 Å². The molecule has 0 aromatic carbocycles. The summed E-state index contributed by atoms with van der Waals surface area (Å²) in [7, 11) is 0. The Labute approximate surface area is 100 Å². The molecule has 0 radical (unpaired) electrons. The highest BCUT2D eigenvalue weighted by Crippen LogP contribution is 2.14. The smallest absolute Gasteiger partial charge is 0.317 e. The number of aromatic nitrogens is 2. The third-order valence-corrected chi connectivity index (χ3v) is 1.99. The van der Waals surface area contributed by atoms with Crippen LogP contribution in [0.2, 0.25) is 0 Å². The van der Waals surface area contributed by atoms with E-state index in [-0.39, 0.29) is 11.5 Å². The van der Waals surface area contributed by atoms with E-state index in [4.69, 9.17) is 4.74 Å². The molecule has 0 bridgehead atoms. The highest BCUT2D eigenvalue weighted by Gasteiger charge is 2.28. The van der Waals surface area contributed by atoms with E-state index in [2.05, 4.69) is 9.97 Å². The largest absolute Gasteiger partial charge is 0.459 e. The van der Waals surface area contributed by atoms with Crippen LogP contribution in [0.4, 0.5) is 0 Å². The molecule has 5 nitrogen and oxygen atoms in total. The van der Waals surface area contributed by atoms with Crippen molar-refractivity contribution in [1.29, 1.82) is 0 Å². The second-order valence-corrected chi connectivity index (χ2v) is 4.71. The SMILES string of the molecule is CC(C(=O)OC(C)(C)C)C(=O)c1ccncn1. The first-order valence-electron chi connectivity index (χ1n) is 5.34. The molecule has 0 aliphatic heterocycles. The lowest BCUT2D eigenvalue weighted by Gasteiger charge is -2.21. The van der Waals surface area contributed by atoms with Gasteiger partial charge in [-0.15, -0.1) is 0 Å². The van der Waals surface area contributed by atoms with Crippen LogP contribution in [-0.2, 0) is 9.53 Å². The zero-order chi connectivity index (χ0) is 13.1. The minimum absolute atomic E-state index is 0.221. The van der Waals surface area contributed by atoms with E-state index in [1.54, 1.807) is 20.8 Å². The van der Waals surface area contributed by atoms with Crippen molar-refractivity contribution in [3.05, 3.63) is 24.3 Å². The van der Waals surface area contributed by atoms with E-state index >= 15 is 0 Å². The van der Waals surface area contributed by atoms with Gasteiger partial charge in [0.05, 0.1) is 0 Å². The lowest BCUT2D eigenvalue weighted by atomic mass is 10.0. The van der Waals surface area contributed by atoms with Crippen LogP contribution in [0.3, 0.4) is 0 Å². The van der Waals surface area contributed by atoms with Gasteiger partial charge in [0.1, 0.15) is 23.5 Å². The molecule has 0 spiro atoms. The minimum Gasteiger partial charge on any atom is -0.459 e. The summed E-state index contributed by atoms with van der Waals surface area (Å²) < 4.78 is 5.14. The van der Waals surface area contributed by atoms with Crippen molar-refractivity contribution in [2.45, 2.75) is 33.3 Å². The van der Waals surface area contributed by atoms with E-state index in [1.165, 1.54) is 25.5 Å². The maximum atomic E-state index is 11.9. The quantitative estimate of drug-likeness (QED) is 0.453. The number of carbonyl (C=O) groups excluding carboxylic acids is 2. The first-order valence-corrected chi connectivity index (χ1v) is 5.34. The molecule has 5 heteroatoms. The van der Waals surface area contributed by atoms with Gasteiger partial charge in [0, 0.05) is 6.20 Å². The number of hydrogen-bond acceptors (Lipinski definition) is 5. The van der Waals surface area contributed by atoms with Crippen molar-refractivity contribution in [2.75, 3.05) is 0 Å². The van der Waals surface area contributed by atoms with E-state index in [0.717, 1.165) is 0 Å². The van der Waals surface area contributed by atoms with Crippen LogP contribution in [0.5, 0.6) is 0 Å². The van der Waals surface area contributed by atoms with E-state index in [0.29, 0.717) is 0 Å². The van der Waals surface area contributed by atoms with Crippen LogP contribution in [0.1, 0.15) is 38.2 Å². The van der Waals surface area contributed by atoms with E-state index < -0.39 is 17.5 Å². The molecular weight excluding hydrogens is 220 g/mol. The zero-order valence-corrected chi connectivity index (χ0v) is 10.4. The molecular formula is C12H16N2O3. The zero-order valence-electron chi connectivity index (χ0n) is 10.4. The van der Waals surface area contributed by atoms with Gasteiger partial charge in [-0.05, 0) is 33.8 Å². The monoisotopic (exact) mass is 236 g/mol. The van der Waals surface area contributed by atoms with Gasteiger partial charge in [-0.3, -0.25) is 9.59 Å². The van der Waals surface area contributed by atoms with Gasteiger partial charge in [-0.25, -0.2) is 9.97 Å². The topological polar surface area (TPSA) is 69.2 Å². The molecule has 1 unspecified atom stereocenters. The number of ketones is 1. The lowest BCUT2D eigenvalue weighted by molar-refractivity contribution is -0.157. The highest BCUT2D eigenvalue weighted by atomic mass is 16.6. The molecule has 0 N–H and O–H groups in total. The Morgan fingerprint density at radius 2 is 2.00 bits per heavy atom.